The highest BCUT2D eigenvalue weighted by Gasteiger charge is 2.51. The van der Waals surface area contributed by atoms with Crippen molar-refractivity contribution >= 4 is 23.5 Å². The number of carbonyl (C=O) groups is 2. The molecule has 1 heterocycles. The lowest BCUT2D eigenvalue weighted by atomic mass is 9.69. The number of amides is 3. The molecule has 5 nitrogen and oxygen atoms in total. The third-order valence-electron chi connectivity index (χ3n) is 6.37. The van der Waals surface area contributed by atoms with Crippen molar-refractivity contribution in [3.8, 4) is 0 Å². The van der Waals surface area contributed by atoms with Crippen molar-refractivity contribution in [1.82, 2.24) is 15.5 Å². The van der Waals surface area contributed by atoms with Gasteiger partial charge in [-0.15, -0.1) is 0 Å². The van der Waals surface area contributed by atoms with Crippen LogP contribution in [0.1, 0.15) is 37.3 Å². The third-order valence-corrected chi connectivity index (χ3v) is 6.72. The van der Waals surface area contributed by atoms with E-state index in [2.05, 4.69) is 10.6 Å². The van der Waals surface area contributed by atoms with Crippen molar-refractivity contribution in [3.63, 3.8) is 0 Å². The summed E-state index contributed by atoms with van der Waals surface area (Å²) in [6.45, 7) is 0.477. The fraction of sp³-hybridized carbons (Fsp3) is 0.600. The highest BCUT2D eigenvalue weighted by Crippen LogP contribution is 2.50. The van der Waals surface area contributed by atoms with E-state index in [0.717, 1.165) is 25.0 Å². The summed E-state index contributed by atoms with van der Waals surface area (Å²) in [7, 11) is 0. The van der Waals surface area contributed by atoms with Crippen LogP contribution >= 0.6 is 11.6 Å². The van der Waals surface area contributed by atoms with Crippen LogP contribution < -0.4 is 10.6 Å². The van der Waals surface area contributed by atoms with Crippen molar-refractivity contribution in [2.45, 2.75) is 43.9 Å². The number of alkyl halides is 3. The number of halogens is 6. The molecule has 1 aliphatic heterocycles. The van der Waals surface area contributed by atoms with E-state index in [9.17, 15) is 31.5 Å². The minimum atomic E-state index is -4.38. The molecule has 2 saturated carbocycles. The molecule has 0 bridgehead atoms. The van der Waals surface area contributed by atoms with E-state index >= 15 is 0 Å². The van der Waals surface area contributed by atoms with Crippen molar-refractivity contribution in [3.05, 3.63) is 34.4 Å². The van der Waals surface area contributed by atoms with E-state index < -0.39 is 52.8 Å². The fourth-order valence-electron chi connectivity index (χ4n) is 4.44. The number of nitrogens with one attached hydrogen (secondary N) is 2. The number of rotatable bonds is 4. The predicted octanol–water partition coefficient (Wildman–Crippen LogP) is 4.17. The van der Waals surface area contributed by atoms with Gasteiger partial charge < -0.3 is 15.5 Å². The lowest BCUT2D eigenvalue weighted by Crippen LogP contribution is -2.61. The first-order valence-electron chi connectivity index (χ1n) is 10.1. The quantitative estimate of drug-likeness (QED) is 0.518. The first kappa shape index (κ1) is 22.1. The highest BCUT2D eigenvalue weighted by molar-refractivity contribution is 6.31. The summed E-state index contributed by atoms with van der Waals surface area (Å²) in [5.41, 5.74) is -0.171. The summed E-state index contributed by atoms with van der Waals surface area (Å²) < 4.78 is 67.3. The van der Waals surface area contributed by atoms with Gasteiger partial charge in [-0.1, -0.05) is 17.7 Å². The molecule has 0 radical (unpaired) electrons. The smallest absolute Gasteiger partial charge is 0.353 e. The summed E-state index contributed by atoms with van der Waals surface area (Å²) in [4.78, 5) is 26.7. The second kappa shape index (κ2) is 8.11. The third kappa shape index (κ3) is 4.31. The molecular formula is C20H21ClF5N3O2. The van der Waals surface area contributed by atoms with Crippen molar-refractivity contribution in [2.24, 2.45) is 17.8 Å². The number of nitrogens with zero attached hydrogens (tertiary/aromatic N) is 1. The van der Waals surface area contributed by atoms with Crippen LogP contribution in [0.15, 0.2) is 12.1 Å². The van der Waals surface area contributed by atoms with E-state index in [1.54, 1.807) is 0 Å². The maximum absolute atomic E-state index is 14.7. The molecule has 2 N–H and O–H groups in total. The van der Waals surface area contributed by atoms with Crippen molar-refractivity contribution in [2.75, 3.05) is 13.1 Å². The molecule has 170 valence electrons. The number of benzene rings is 1. The van der Waals surface area contributed by atoms with Crippen LogP contribution in [0.3, 0.4) is 0 Å². The summed E-state index contributed by atoms with van der Waals surface area (Å²) in [5, 5.41) is 4.54. The molecule has 3 amide bonds. The van der Waals surface area contributed by atoms with Gasteiger partial charge in [-0.05, 0) is 43.6 Å². The molecule has 4 rings (SSSR count). The van der Waals surface area contributed by atoms with Crippen LogP contribution in [0, 0.1) is 29.4 Å². The van der Waals surface area contributed by atoms with E-state index in [4.69, 9.17) is 11.6 Å². The molecule has 1 aromatic rings. The molecule has 1 unspecified atom stereocenters. The van der Waals surface area contributed by atoms with E-state index in [-0.39, 0.29) is 43.3 Å². The molecule has 1 aromatic carbocycles. The first-order valence-corrected chi connectivity index (χ1v) is 10.5. The molecule has 3 aliphatic rings. The fourth-order valence-corrected chi connectivity index (χ4v) is 4.61. The topological polar surface area (TPSA) is 61.4 Å². The Morgan fingerprint density at radius 1 is 1.23 bits per heavy atom. The van der Waals surface area contributed by atoms with Gasteiger partial charge in [-0.2, -0.15) is 13.2 Å². The Labute approximate surface area is 180 Å². The van der Waals surface area contributed by atoms with Crippen LogP contribution in [0.4, 0.5) is 26.7 Å². The number of hydrogen-bond acceptors (Lipinski definition) is 2. The molecule has 3 fully saturated rings. The monoisotopic (exact) mass is 465 g/mol. The average molecular weight is 466 g/mol. The number of urea groups is 1. The first-order chi connectivity index (χ1) is 14.6. The van der Waals surface area contributed by atoms with Gasteiger partial charge in [0.2, 0.25) is 5.91 Å². The van der Waals surface area contributed by atoms with Gasteiger partial charge in [0.25, 0.3) is 0 Å². The highest BCUT2D eigenvalue weighted by atomic mass is 35.5. The molecule has 2 atom stereocenters. The standard InChI is InChI=1S/C20H21ClF5N3O2/c21-14-13(22)4-3-12(15(14)23)16(10-7-11(8-10)20(24,25)26)28-19(31)29-6-5-27-18(30)17(29)9-1-2-9/h3-4,9-11,16-17H,1-2,5-8H2,(H,27,30)(H,28,31)/t10-,11-,16?,17-/m1/s1. The molecule has 11 heteroatoms. The normalized spacial score (nSPS) is 27.4. The minimum absolute atomic E-state index is 0.0276. The number of hydrogen-bond donors (Lipinski definition) is 2. The van der Waals surface area contributed by atoms with Gasteiger partial charge in [-0.25, -0.2) is 13.6 Å². The van der Waals surface area contributed by atoms with Crippen molar-refractivity contribution < 1.29 is 31.5 Å². The molecule has 2 aliphatic carbocycles. The zero-order chi connectivity index (χ0) is 22.5. The molecule has 0 aromatic heterocycles. The van der Waals surface area contributed by atoms with Gasteiger partial charge in [-0.3, -0.25) is 4.79 Å². The maximum atomic E-state index is 14.7. The Morgan fingerprint density at radius 3 is 2.52 bits per heavy atom. The summed E-state index contributed by atoms with van der Waals surface area (Å²) in [6, 6.07) is -0.452. The maximum Gasteiger partial charge on any atom is 0.391 e. The number of piperazine rings is 1. The van der Waals surface area contributed by atoms with Gasteiger partial charge in [0.1, 0.15) is 22.7 Å². The second-order valence-electron chi connectivity index (χ2n) is 8.43. The Bertz CT molecular complexity index is 886. The Balaban J connectivity index is 1.58. The lowest BCUT2D eigenvalue weighted by Gasteiger charge is -2.43. The minimum Gasteiger partial charge on any atom is -0.353 e. The van der Waals surface area contributed by atoms with Crippen LogP contribution in [0.2, 0.25) is 5.02 Å². The predicted molar refractivity (Wildman–Crippen MR) is 101 cm³/mol. The lowest BCUT2D eigenvalue weighted by molar-refractivity contribution is -0.206. The van der Waals surface area contributed by atoms with Gasteiger partial charge in [0.15, 0.2) is 0 Å². The number of carbonyl (C=O) groups excluding carboxylic acids is 2. The largest absolute Gasteiger partial charge is 0.391 e. The zero-order valence-corrected chi connectivity index (χ0v) is 17.1. The Hall–Kier alpha value is -2.10. The van der Waals surface area contributed by atoms with Crippen molar-refractivity contribution in [1.29, 1.82) is 0 Å². The van der Waals surface area contributed by atoms with Crippen LogP contribution in [0.25, 0.3) is 0 Å². The molecular weight excluding hydrogens is 445 g/mol. The molecule has 31 heavy (non-hydrogen) atoms. The molecule has 0 spiro atoms. The summed E-state index contributed by atoms with van der Waals surface area (Å²) >= 11 is 5.67. The summed E-state index contributed by atoms with van der Waals surface area (Å²) in [5.74, 6) is -4.62. The Kier molecular flexibility index (Phi) is 5.78. The van der Waals surface area contributed by atoms with Crippen LogP contribution in [-0.4, -0.2) is 42.1 Å². The van der Waals surface area contributed by atoms with Crippen LogP contribution in [0.5, 0.6) is 0 Å². The second-order valence-corrected chi connectivity index (χ2v) is 8.81. The van der Waals surface area contributed by atoms with E-state index in [0.29, 0.717) is 0 Å². The summed E-state index contributed by atoms with van der Waals surface area (Å²) in [6.07, 6.45) is -3.39. The SMILES string of the molecule is O=C1NCCN(C(=O)NC(c2ccc(F)c(Cl)c2F)[C@H]2C[C@H](C(F)(F)F)C2)[C@@H]1C1CC1. The van der Waals surface area contributed by atoms with Gasteiger partial charge in [0, 0.05) is 18.7 Å². The van der Waals surface area contributed by atoms with Gasteiger partial charge in [0.05, 0.1) is 12.0 Å². The Morgan fingerprint density at radius 2 is 1.90 bits per heavy atom. The van der Waals surface area contributed by atoms with E-state index in [1.165, 1.54) is 4.90 Å². The average Bonchev–Trinajstić information content (AvgIpc) is 3.48. The van der Waals surface area contributed by atoms with Crippen LogP contribution in [-0.2, 0) is 4.79 Å². The zero-order valence-electron chi connectivity index (χ0n) is 16.3. The van der Waals surface area contributed by atoms with E-state index in [1.807, 2.05) is 0 Å². The van der Waals surface area contributed by atoms with Gasteiger partial charge >= 0.3 is 12.2 Å². The molecule has 1 saturated heterocycles.